The largest absolute Gasteiger partial charge is 0.390 e. The lowest BCUT2D eigenvalue weighted by Gasteiger charge is -2.06. The molecule has 0 rings (SSSR count). The van der Waals surface area contributed by atoms with Gasteiger partial charge >= 0.3 is 6.18 Å². The Morgan fingerprint density at radius 1 is 1.33 bits per heavy atom. The number of hydrogen-bond acceptors (Lipinski definition) is 1. The van der Waals surface area contributed by atoms with Crippen LogP contribution >= 0.6 is 0 Å². The summed E-state index contributed by atoms with van der Waals surface area (Å²) in [6, 6.07) is 0. The Hall–Kier alpha value is -0.510. The lowest BCUT2D eigenvalue weighted by Crippen LogP contribution is -2.22. The van der Waals surface area contributed by atoms with Crippen LogP contribution in [0.15, 0.2) is 12.2 Å². The highest BCUT2D eigenvalue weighted by molar-refractivity contribution is 4.88. The van der Waals surface area contributed by atoms with Crippen molar-refractivity contribution in [3.8, 4) is 0 Å². The summed E-state index contributed by atoms with van der Waals surface area (Å²) in [5.41, 5.74) is 0.981. The molecule has 0 aliphatic rings. The summed E-state index contributed by atoms with van der Waals surface area (Å²) in [4.78, 5) is 0. The van der Waals surface area contributed by atoms with Crippen molar-refractivity contribution in [2.24, 2.45) is 0 Å². The molecule has 0 fully saturated rings. The summed E-state index contributed by atoms with van der Waals surface area (Å²) < 4.78 is 34.8. The predicted molar refractivity (Wildman–Crippen MR) is 43.0 cm³/mol. The van der Waals surface area contributed by atoms with E-state index in [9.17, 15) is 13.2 Å². The molecule has 0 spiro atoms. The van der Waals surface area contributed by atoms with Gasteiger partial charge in [-0.2, -0.15) is 13.2 Å². The number of nitrogens with one attached hydrogen (secondary N) is 1. The number of hydrogen-bond donors (Lipinski definition) is 1. The quantitative estimate of drug-likeness (QED) is 0.507. The molecule has 0 saturated carbocycles. The molecule has 0 saturated heterocycles. The molecular formula is C8H14F3N. The average molecular weight is 181 g/mol. The van der Waals surface area contributed by atoms with Gasteiger partial charge in [0.05, 0.1) is 6.42 Å². The minimum Gasteiger partial charge on any atom is -0.316 e. The molecule has 0 aromatic rings. The van der Waals surface area contributed by atoms with Crippen molar-refractivity contribution in [1.29, 1.82) is 0 Å². The first kappa shape index (κ1) is 11.5. The number of halogens is 3. The van der Waals surface area contributed by atoms with Crippen LogP contribution in [0.1, 0.15) is 19.8 Å². The van der Waals surface area contributed by atoms with Crippen molar-refractivity contribution in [2.45, 2.75) is 25.9 Å². The Morgan fingerprint density at radius 3 is 2.33 bits per heavy atom. The number of rotatable bonds is 5. The molecule has 12 heavy (non-hydrogen) atoms. The van der Waals surface area contributed by atoms with Gasteiger partial charge in [-0.3, -0.25) is 0 Å². The Labute approximate surface area is 70.7 Å². The van der Waals surface area contributed by atoms with E-state index in [-0.39, 0.29) is 6.54 Å². The van der Waals surface area contributed by atoms with Gasteiger partial charge in [-0.25, -0.2) is 0 Å². The van der Waals surface area contributed by atoms with Gasteiger partial charge in [0.1, 0.15) is 0 Å². The maximum Gasteiger partial charge on any atom is 0.390 e. The van der Waals surface area contributed by atoms with Gasteiger partial charge in [0.2, 0.25) is 0 Å². The zero-order valence-electron chi connectivity index (χ0n) is 7.17. The molecule has 1 N–H and O–H groups in total. The van der Waals surface area contributed by atoms with Crippen molar-refractivity contribution < 1.29 is 13.2 Å². The molecule has 0 unspecified atom stereocenters. The maximum absolute atomic E-state index is 11.6. The molecule has 0 radical (unpaired) electrons. The molecule has 4 heteroatoms. The zero-order valence-corrected chi connectivity index (χ0v) is 7.17. The summed E-state index contributed by atoms with van der Waals surface area (Å²) in [5.74, 6) is 0. The second-order valence-corrected chi connectivity index (χ2v) is 2.82. The summed E-state index contributed by atoms with van der Waals surface area (Å²) >= 11 is 0. The van der Waals surface area contributed by atoms with Crippen LogP contribution < -0.4 is 5.32 Å². The van der Waals surface area contributed by atoms with Gasteiger partial charge in [0.25, 0.3) is 0 Å². The first-order valence-corrected chi connectivity index (χ1v) is 3.83. The van der Waals surface area contributed by atoms with Gasteiger partial charge in [-0.05, 0) is 19.9 Å². The van der Waals surface area contributed by atoms with Crippen molar-refractivity contribution in [3.63, 3.8) is 0 Å². The molecular weight excluding hydrogens is 167 g/mol. The fourth-order valence-corrected chi connectivity index (χ4v) is 0.657. The van der Waals surface area contributed by atoms with Crippen LogP contribution in [0.4, 0.5) is 13.2 Å². The highest BCUT2D eigenvalue weighted by atomic mass is 19.4. The van der Waals surface area contributed by atoms with Gasteiger partial charge in [0, 0.05) is 6.54 Å². The molecule has 72 valence electrons. The van der Waals surface area contributed by atoms with Crippen LogP contribution in [-0.2, 0) is 0 Å². The molecule has 0 aromatic heterocycles. The van der Waals surface area contributed by atoms with Crippen LogP contribution in [0.3, 0.4) is 0 Å². The third-order valence-electron chi connectivity index (χ3n) is 1.31. The first-order chi connectivity index (χ1) is 5.42. The summed E-state index contributed by atoms with van der Waals surface area (Å²) in [6.07, 6.45) is -4.07. The molecule has 0 bridgehead atoms. The van der Waals surface area contributed by atoms with E-state index in [1.54, 1.807) is 0 Å². The van der Waals surface area contributed by atoms with Crippen molar-refractivity contribution in [3.05, 3.63) is 12.2 Å². The van der Waals surface area contributed by atoms with E-state index in [2.05, 4.69) is 11.9 Å². The fraction of sp³-hybridized carbons (Fsp3) is 0.750. The minimum absolute atomic E-state index is 0.00319. The SMILES string of the molecule is C=C(C)CCNCCC(F)(F)F. The molecule has 0 amide bonds. The van der Waals surface area contributed by atoms with Crippen LogP contribution in [-0.4, -0.2) is 19.3 Å². The van der Waals surface area contributed by atoms with Gasteiger partial charge in [0.15, 0.2) is 0 Å². The Bertz CT molecular complexity index is 140. The van der Waals surface area contributed by atoms with Crippen molar-refractivity contribution >= 4 is 0 Å². The minimum atomic E-state index is -4.05. The summed E-state index contributed by atoms with van der Waals surface area (Å²) in [6.45, 7) is 6.06. The molecule has 0 atom stereocenters. The standard InChI is InChI=1S/C8H14F3N/c1-7(2)3-5-12-6-4-8(9,10)11/h12H,1,3-6H2,2H3. The molecule has 0 heterocycles. The van der Waals surface area contributed by atoms with Gasteiger partial charge < -0.3 is 5.32 Å². The van der Waals surface area contributed by atoms with E-state index in [1.807, 2.05) is 6.92 Å². The maximum atomic E-state index is 11.6. The highest BCUT2D eigenvalue weighted by Crippen LogP contribution is 2.17. The first-order valence-electron chi connectivity index (χ1n) is 3.83. The average Bonchev–Trinajstić information content (AvgIpc) is 1.83. The van der Waals surface area contributed by atoms with E-state index < -0.39 is 12.6 Å². The highest BCUT2D eigenvalue weighted by Gasteiger charge is 2.25. The normalized spacial score (nSPS) is 11.7. The molecule has 0 aliphatic heterocycles. The van der Waals surface area contributed by atoms with Crippen LogP contribution in [0, 0.1) is 0 Å². The Morgan fingerprint density at radius 2 is 1.92 bits per heavy atom. The fourth-order valence-electron chi connectivity index (χ4n) is 0.657. The van der Waals surface area contributed by atoms with E-state index in [0.717, 1.165) is 12.0 Å². The zero-order chi connectivity index (χ0) is 9.61. The second-order valence-electron chi connectivity index (χ2n) is 2.82. The summed E-state index contributed by atoms with van der Waals surface area (Å²) in [5, 5.41) is 2.69. The third kappa shape index (κ3) is 9.49. The van der Waals surface area contributed by atoms with Crippen molar-refractivity contribution in [2.75, 3.05) is 13.1 Å². The smallest absolute Gasteiger partial charge is 0.316 e. The Balaban J connectivity index is 3.17. The molecule has 0 aliphatic carbocycles. The second kappa shape index (κ2) is 5.19. The predicted octanol–water partition coefficient (Wildman–Crippen LogP) is 2.49. The summed E-state index contributed by atoms with van der Waals surface area (Å²) in [7, 11) is 0. The lowest BCUT2D eigenvalue weighted by molar-refractivity contribution is -0.133. The van der Waals surface area contributed by atoms with E-state index in [1.165, 1.54) is 0 Å². The molecule has 1 nitrogen and oxygen atoms in total. The van der Waals surface area contributed by atoms with Crippen LogP contribution in [0.5, 0.6) is 0 Å². The number of alkyl halides is 3. The third-order valence-corrected chi connectivity index (χ3v) is 1.31. The van der Waals surface area contributed by atoms with E-state index in [4.69, 9.17) is 0 Å². The lowest BCUT2D eigenvalue weighted by atomic mass is 10.2. The van der Waals surface area contributed by atoms with E-state index >= 15 is 0 Å². The van der Waals surface area contributed by atoms with Crippen LogP contribution in [0.25, 0.3) is 0 Å². The Kier molecular flexibility index (Phi) is 4.97. The monoisotopic (exact) mass is 181 g/mol. The molecule has 0 aromatic carbocycles. The topological polar surface area (TPSA) is 12.0 Å². The van der Waals surface area contributed by atoms with Gasteiger partial charge in [-0.15, -0.1) is 6.58 Å². The van der Waals surface area contributed by atoms with Gasteiger partial charge in [-0.1, -0.05) is 5.57 Å². The van der Waals surface area contributed by atoms with E-state index in [0.29, 0.717) is 6.54 Å². The van der Waals surface area contributed by atoms with Crippen LogP contribution in [0.2, 0.25) is 0 Å². The van der Waals surface area contributed by atoms with Crippen molar-refractivity contribution in [1.82, 2.24) is 5.32 Å².